The minimum absolute atomic E-state index is 0.0296. The minimum atomic E-state index is 0.0296. The second-order valence-corrected chi connectivity index (χ2v) is 3.56. The van der Waals surface area contributed by atoms with Gasteiger partial charge in [-0.2, -0.15) is 0 Å². The molecule has 0 saturated carbocycles. The summed E-state index contributed by atoms with van der Waals surface area (Å²) in [7, 11) is 1.77. The van der Waals surface area contributed by atoms with Gasteiger partial charge in [0, 0.05) is 19.2 Å². The second kappa shape index (κ2) is 3.67. The number of aliphatic imine (C=N–C) groups is 1. The van der Waals surface area contributed by atoms with Crippen LogP contribution in [0.1, 0.15) is 21.5 Å². The third kappa shape index (κ3) is 1.67. The van der Waals surface area contributed by atoms with E-state index in [0.717, 1.165) is 16.7 Å². The molecule has 2 rings (SSSR count). The van der Waals surface area contributed by atoms with Gasteiger partial charge in [0.25, 0.3) is 5.91 Å². The van der Waals surface area contributed by atoms with E-state index in [4.69, 9.17) is 0 Å². The SMILES string of the molecule is CN1Cc2ccc(CN=C=O)cc2C1=O. The molecule has 15 heavy (non-hydrogen) atoms. The monoisotopic (exact) mass is 202 g/mol. The third-order valence-electron chi connectivity index (χ3n) is 2.49. The van der Waals surface area contributed by atoms with Crippen molar-refractivity contribution in [3.8, 4) is 0 Å². The summed E-state index contributed by atoms with van der Waals surface area (Å²) in [6, 6.07) is 5.58. The summed E-state index contributed by atoms with van der Waals surface area (Å²) >= 11 is 0. The Morgan fingerprint density at radius 1 is 1.53 bits per heavy atom. The number of carbonyl (C=O) groups excluding carboxylic acids is 2. The number of fused-ring (bicyclic) bond motifs is 1. The maximum absolute atomic E-state index is 11.6. The predicted molar refractivity (Wildman–Crippen MR) is 54.1 cm³/mol. The van der Waals surface area contributed by atoms with Crippen LogP contribution in [0, 0.1) is 0 Å². The highest BCUT2D eigenvalue weighted by molar-refractivity contribution is 5.98. The van der Waals surface area contributed by atoms with E-state index in [1.54, 1.807) is 18.0 Å². The number of benzene rings is 1. The van der Waals surface area contributed by atoms with Gasteiger partial charge in [-0.05, 0) is 17.2 Å². The highest BCUT2D eigenvalue weighted by atomic mass is 16.2. The van der Waals surface area contributed by atoms with Crippen molar-refractivity contribution in [3.63, 3.8) is 0 Å². The van der Waals surface area contributed by atoms with Crippen LogP contribution >= 0.6 is 0 Å². The smallest absolute Gasteiger partial charge is 0.254 e. The lowest BCUT2D eigenvalue weighted by molar-refractivity contribution is 0.0816. The average Bonchev–Trinajstić information content (AvgIpc) is 2.52. The van der Waals surface area contributed by atoms with Gasteiger partial charge in [0.1, 0.15) is 0 Å². The van der Waals surface area contributed by atoms with Gasteiger partial charge in [-0.1, -0.05) is 12.1 Å². The quantitative estimate of drug-likeness (QED) is 0.532. The normalized spacial score (nSPS) is 13.7. The molecule has 0 atom stereocenters. The number of isocyanates is 1. The van der Waals surface area contributed by atoms with Gasteiger partial charge in [-0.25, -0.2) is 9.79 Å². The number of nitrogens with zero attached hydrogens (tertiary/aromatic N) is 2. The van der Waals surface area contributed by atoms with E-state index in [1.807, 2.05) is 12.1 Å². The molecule has 0 fully saturated rings. The molecule has 0 unspecified atom stereocenters. The van der Waals surface area contributed by atoms with Crippen molar-refractivity contribution in [3.05, 3.63) is 34.9 Å². The van der Waals surface area contributed by atoms with Crippen LogP contribution in [0.2, 0.25) is 0 Å². The summed E-state index contributed by atoms with van der Waals surface area (Å²) < 4.78 is 0. The zero-order valence-corrected chi connectivity index (χ0v) is 8.36. The van der Waals surface area contributed by atoms with E-state index in [9.17, 15) is 9.59 Å². The fourth-order valence-corrected chi connectivity index (χ4v) is 1.72. The van der Waals surface area contributed by atoms with Gasteiger partial charge in [-0.15, -0.1) is 0 Å². The molecule has 76 valence electrons. The third-order valence-corrected chi connectivity index (χ3v) is 2.49. The molecule has 1 aliphatic heterocycles. The van der Waals surface area contributed by atoms with Crippen molar-refractivity contribution in [2.75, 3.05) is 7.05 Å². The summed E-state index contributed by atoms with van der Waals surface area (Å²) in [6.07, 6.45) is 1.48. The summed E-state index contributed by atoms with van der Waals surface area (Å²) in [6.45, 7) is 0.944. The molecule has 0 bridgehead atoms. The van der Waals surface area contributed by atoms with Crippen molar-refractivity contribution in [1.29, 1.82) is 0 Å². The van der Waals surface area contributed by atoms with Crippen molar-refractivity contribution in [2.24, 2.45) is 4.99 Å². The Morgan fingerprint density at radius 2 is 2.33 bits per heavy atom. The van der Waals surface area contributed by atoms with E-state index in [0.29, 0.717) is 6.54 Å². The number of rotatable bonds is 2. The largest absolute Gasteiger partial charge is 0.337 e. The molecule has 0 aliphatic carbocycles. The zero-order valence-electron chi connectivity index (χ0n) is 8.36. The molecule has 1 aliphatic rings. The minimum Gasteiger partial charge on any atom is -0.337 e. The Labute approximate surface area is 87.2 Å². The van der Waals surface area contributed by atoms with Gasteiger partial charge in [0.15, 0.2) is 0 Å². The lowest BCUT2D eigenvalue weighted by atomic mass is 10.1. The molecule has 0 N–H and O–H groups in total. The molecule has 1 aromatic carbocycles. The van der Waals surface area contributed by atoms with Gasteiger partial charge >= 0.3 is 0 Å². The molecular formula is C11H10N2O2. The lowest BCUT2D eigenvalue weighted by Crippen LogP contribution is -2.17. The van der Waals surface area contributed by atoms with Crippen molar-refractivity contribution >= 4 is 12.0 Å². The molecule has 0 spiro atoms. The van der Waals surface area contributed by atoms with E-state index in [2.05, 4.69) is 4.99 Å². The second-order valence-electron chi connectivity index (χ2n) is 3.56. The highest BCUT2D eigenvalue weighted by Gasteiger charge is 2.23. The molecule has 4 nitrogen and oxygen atoms in total. The maximum Gasteiger partial charge on any atom is 0.254 e. The van der Waals surface area contributed by atoms with Crippen LogP contribution in [0.3, 0.4) is 0 Å². The molecular weight excluding hydrogens is 192 g/mol. The number of hydrogen-bond donors (Lipinski definition) is 0. The molecule has 0 saturated heterocycles. The number of hydrogen-bond acceptors (Lipinski definition) is 3. The first kappa shape index (κ1) is 9.62. The van der Waals surface area contributed by atoms with E-state index >= 15 is 0 Å². The first-order valence-electron chi connectivity index (χ1n) is 4.63. The van der Waals surface area contributed by atoms with Crippen LogP contribution in [0.25, 0.3) is 0 Å². The molecule has 4 heteroatoms. The number of amides is 1. The highest BCUT2D eigenvalue weighted by Crippen LogP contribution is 2.22. The van der Waals surface area contributed by atoms with Crippen molar-refractivity contribution < 1.29 is 9.59 Å². The fraction of sp³-hybridized carbons (Fsp3) is 0.273. The van der Waals surface area contributed by atoms with Crippen molar-refractivity contribution in [1.82, 2.24) is 4.90 Å². The summed E-state index contributed by atoms with van der Waals surface area (Å²) in [5.74, 6) is 0.0296. The van der Waals surface area contributed by atoms with Gasteiger partial charge in [0.2, 0.25) is 6.08 Å². The Morgan fingerprint density at radius 3 is 3.07 bits per heavy atom. The zero-order chi connectivity index (χ0) is 10.8. The van der Waals surface area contributed by atoms with Crippen LogP contribution in [-0.4, -0.2) is 23.9 Å². The van der Waals surface area contributed by atoms with E-state index in [-0.39, 0.29) is 12.5 Å². The Balaban J connectivity index is 2.35. The van der Waals surface area contributed by atoms with Gasteiger partial charge in [0.05, 0.1) is 6.54 Å². The van der Waals surface area contributed by atoms with Crippen LogP contribution < -0.4 is 0 Å². The lowest BCUT2D eigenvalue weighted by Gasteiger charge is -2.04. The van der Waals surface area contributed by atoms with Gasteiger partial charge in [-0.3, -0.25) is 4.79 Å². The Bertz CT molecular complexity index is 462. The topological polar surface area (TPSA) is 49.7 Å². The first-order chi connectivity index (χ1) is 7.22. The average molecular weight is 202 g/mol. The van der Waals surface area contributed by atoms with Crippen LogP contribution in [-0.2, 0) is 17.9 Å². The van der Waals surface area contributed by atoms with E-state index < -0.39 is 0 Å². The van der Waals surface area contributed by atoms with Crippen LogP contribution in [0.4, 0.5) is 0 Å². The molecule has 1 aromatic rings. The standard InChI is InChI=1S/C11H10N2O2/c1-13-6-9-3-2-8(5-12-7-14)4-10(9)11(13)15/h2-4H,5-6H2,1H3. The predicted octanol–water partition coefficient (Wildman–Crippen LogP) is 1.11. The molecule has 1 heterocycles. The van der Waals surface area contributed by atoms with Crippen LogP contribution in [0.5, 0.6) is 0 Å². The molecule has 0 radical (unpaired) electrons. The number of carbonyl (C=O) groups is 1. The summed E-state index contributed by atoms with van der Waals surface area (Å²) in [5.41, 5.74) is 2.61. The van der Waals surface area contributed by atoms with Gasteiger partial charge < -0.3 is 4.90 Å². The summed E-state index contributed by atoms with van der Waals surface area (Å²) in [4.78, 5) is 26.7. The Hall–Kier alpha value is -1.93. The Kier molecular flexibility index (Phi) is 2.35. The first-order valence-corrected chi connectivity index (χ1v) is 4.63. The molecule has 1 amide bonds. The molecule has 0 aromatic heterocycles. The van der Waals surface area contributed by atoms with Crippen LogP contribution in [0.15, 0.2) is 23.2 Å². The maximum atomic E-state index is 11.6. The fourth-order valence-electron chi connectivity index (χ4n) is 1.72. The van der Waals surface area contributed by atoms with E-state index in [1.165, 1.54) is 6.08 Å². The van der Waals surface area contributed by atoms with Crippen molar-refractivity contribution in [2.45, 2.75) is 13.1 Å². The summed E-state index contributed by atoms with van der Waals surface area (Å²) in [5, 5.41) is 0.